The van der Waals surface area contributed by atoms with Gasteiger partial charge in [-0.3, -0.25) is 4.90 Å². The summed E-state index contributed by atoms with van der Waals surface area (Å²) in [6.45, 7) is 8.78. The Morgan fingerprint density at radius 2 is 2.41 bits per heavy atom. The first-order chi connectivity index (χ1) is 8.28. The summed E-state index contributed by atoms with van der Waals surface area (Å²) in [5.74, 6) is 0. The molecular weight excluding hydrogens is 230 g/mol. The zero-order chi connectivity index (χ0) is 12.1. The second-order valence-corrected chi connectivity index (χ2v) is 5.80. The maximum absolute atomic E-state index is 4.55. The molecule has 1 N–H and O–H groups in total. The van der Waals surface area contributed by atoms with Crippen LogP contribution in [-0.2, 0) is 6.54 Å². The lowest BCUT2D eigenvalue weighted by molar-refractivity contribution is 0.226. The Labute approximate surface area is 108 Å². The molecule has 1 aliphatic heterocycles. The first kappa shape index (κ1) is 13.0. The molecule has 0 aromatic carbocycles. The van der Waals surface area contributed by atoms with E-state index < -0.39 is 0 Å². The minimum absolute atomic E-state index is 0.685. The van der Waals surface area contributed by atoms with E-state index in [0.29, 0.717) is 6.04 Å². The van der Waals surface area contributed by atoms with E-state index in [1.807, 2.05) is 0 Å². The largest absolute Gasteiger partial charge is 0.313 e. The van der Waals surface area contributed by atoms with E-state index in [2.05, 4.69) is 34.4 Å². The van der Waals surface area contributed by atoms with Gasteiger partial charge in [-0.05, 0) is 32.9 Å². The van der Waals surface area contributed by atoms with Crippen LogP contribution in [0.4, 0.5) is 0 Å². The molecule has 3 nitrogen and oxygen atoms in total. The molecule has 0 amide bonds. The van der Waals surface area contributed by atoms with Crippen LogP contribution in [0.5, 0.6) is 0 Å². The quantitative estimate of drug-likeness (QED) is 0.873. The van der Waals surface area contributed by atoms with E-state index in [9.17, 15) is 0 Å². The average Bonchev–Trinajstić information content (AvgIpc) is 2.75. The second-order valence-electron chi connectivity index (χ2n) is 4.86. The Morgan fingerprint density at radius 1 is 1.53 bits per heavy atom. The van der Waals surface area contributed by atoms with Crippen molar-refractivity contribution in [3.63, 3.8) is 0 Å². The molecule has 1 aromatic rings. The maximum Gasteiger partial charge on any atom is 0.107 e. The van der Waals surface area contributed by atoms with Crippen LogP contribution in [0.1, 0.15) is 36.9 Å². The molecule has 1 atom stereocenters. The van der Waals surface area contributed by atoms with Crippen LogP contribution in [0.15, 0.2) is 5.38 Å². The van der Waals surface area contributed by atoms with Gasteiger partial charge in [0.2, 0.25) is 0 Å². The van der Waals surface area contributed by atoms with Crippen LogP contribution >= 0.6 is 11.3 Å². The van der Waals surface area contributed by atoms with Crippen molar-refractivity contribution in [2.45, 2.75) is 45.7 Å². The monoisotopic (exact) mass is 253 g/mol. The van der Waals surface area contributed by atoms with Crippen LogP contribution in [-0.4, -0.2) is 35.6 Å². The summed E-state index contributed by atoms with van der Waals surface area (Å²) in [5.41, 5.74) is 1.15. The third kappa shape index (κ3) is 4.05. The Balaban J connectivity index is 1.83. The van der Waals surface area contributed by atoms with Crippen molar-refractivity contribution in [1.82, 2.24) is 15.2 Å². The molecule has 2 rings (SSSR count). The molecule has 1 aromatic heterocycles. The van der Waals surface area contributed by atoms with Gasteiger partial charge in [0.25, 0.3) is 0 Å². The first-order valence-corrected chi connectivity index (χ1v) is 7.52. The predicted molar refractivity (Wildman–Crippen MR) is 73.4 cm³/mol. The second kappa shape index (κ2) is 6.47. The molecule has 0 saturated carbocycles. The highest BCUT2D eigenvalue weighted by atomic mass is 32.1. The number of hydrogen-bond acceptors (Lipinski definition) is 4. The Morgan fingerprint density at radius 3 is 3.00 bits per heavy atom. The number of aromatic nitrogens is 1. The fourth-order valence-corrected chi connectivity index (χ4v) is 3.18. The number of thiazole rings is 1. The number of nitrogens with zero attached hydrogens (tertiary/aromatic N) is 2. The van der Waals surface area contributed by atoms with Gasteiger partial charge in [-0.1, -0.05) is 13.3 Å². The van der Waals surface area contributed by atoms with Crippen LogP contribution < -0.4 is 5.32 Å². The van der Waals surface area contributed by atoms with Gasteiger partial charge in [-0.15, -0.1) is 11.3 Å². The number of rotatable bonds is 5. The van der Waals surface area contributed by atoms with E-state index in [1.165, 1.54) is 30.8 Å². The predicted octanol–water partition coefficient (Wildman–Crippen LogP) is 2.42. The number of nitrogens with one attached hydrogen (secondary N) is 1. The molecule has 1 fully saturated rings. The third-order valence-electron chi connectivity index (χ3n) is 3.36. The SMILES string of the molecule is CCN(Cc1nc(C)cs1)CC1CCCCN1. The Kier molecular flexibility index (Phi) is 4.95. The number of piperidine rings is 1. The highest BCUT2D eigenvalue weighted by Crippen LogP contribution is 2.14. The summed E-state index contributed by atoms with van der Waals surface area (Å²) in [7, 11) is 0. The fraction of sp³-hybridized carbons (Fsp3) is 0.769. The van der Waals surface area contributed by atoms with Crippen LogP contribution in [0.25, 0.3) is 0 Å². The van der Waals surface area contributed by atoms with E-state index in [1.54, 1.807) is 11.3 Å². The molecule has 4 heteroatoms. The highest BCUT2D eigenvalue weighted by Gasteiger charge is 2.16. The van der Waals surface area contributed by atoms with E-state index >= 15 is 0 Å². The van der Waals surface area contributed by atoms with Gasteiger partial charge in [-0.2, -0.15) is 0 Å². The normalized spacial score (nSPS) is 21.0. The van der Waals surface area contributed by atoms with Crippen molar-refractivity contribution >= 4 is 11.3 Å². The molecule has 0 radical (unpaired) electrons. The topological polar surface area (TPSA) is 28.2 Å². The van der Waals surface area contributed by atoms with Crippen molar-refractivity contribution < 1.29 is 0 Å². The third-order valence-corrected chi connectivity index (χ3v) is 4.32. The lowest BCUT2D eigenvalue weighted by Crippen LogP contribution is -2.43. The minimum Gasteiger partial charge on any atom is -0.313 e. The summed E-state index contributed by atoms with van der Waals surface area (Å²) in [5, 5.41) is 7.01. The molecule has 0 spiro atoms. The minimum atomic E-state index is 0.685. The van der Waals surface area contributed by atoms with Crippen molar-refractivity contribution in [2.24, 2.45) is 0 Å². The maximum atomic E-state index is 4.55. The first-order valence-electron chi connectivity index (χ1n) is 6.64. The zero-order valence-electron chi connectivity index (χ0n) is 10.9. The van der Waals surface area contributed by atoms with Gasteiger partial charge in [0.1, 0.15) is 5.01 Å². The van der Waals surface area contributed by atoms with Gasteiger partial charge in [-0.25, -0.2) is 4.98 Å². The molecule has 0 aliphatic carbocycles. The molecule has 96 valence electrons. The van der Waals surface area contributed by atoms with Crippen LogP contribution in [0, 0.1) is 6.92 Å². The van der Waals surface area contributed by atoms with Gasteiger partial charge < -0.3 is 5.32 Å². The standard InChI is InChI=1S/C13H23N3S/c1-3-16(8-12-6-4-5-7-14-12)9-13-15-11(2)10-17-13/h10,12,14H,3-9H2,1-2H3. The molecule has 1 aliphatic rings. The summed E-state index contributed by atoms with van der Waals surface area (Å²) in [6.07, 6.45) is 4.05. The Hall–Kier alpha value is -0.450. The van der Waals surface area contributed by atoms with Crippen molar-refractivity contribution in [2.75, 3.05) is 19.6 Å². The fourth-order valence-electron chi connectivity index (χ4n) is 2.36. The molecule has 1 unspecified atom stereocenters. The summed E-state index contributed by atoms with van der Waals surface area (Å²) in [4.78, 5) is 7.05. The van der Waals surface area contributed by atoms with Gasteiger partial charge in [0, 0.05) is 23.7 Å². The number of likely N-dealkylation sites (N-methyl/N-ethyl adjacent to an activating group) is 1. The van der Waals surface area contributed by atoms with Crippen LogP contribution in [0.3, 0.4) is 0 Å². The summed E-state index contributed by atoms with van der Waals surface area (Å²) >= 11 is 1.78. The highest BCUT2D eigenvalue weighted by molar-refractivity contribution is 7.09. The smallest absolute Gasteiger partial charge is 0.107 e. The summed E-state index contributed by atoms with van der Waals surface area (Å²) < 4.78 is 0. The van der Waals surface area contributed by atoms with Crippen molar-refractivity contribution in [1.29, 1.82) is 0 Å². The zero-order valence-corrected chi connectivity index (χ0v) is 11.7. The van der Waals surface area contributed by atoms with Crippen molar-refractivity contribution in [3.8, 4) is 0 Å². The molecule has 0 bridgehead atoms. The molecule has 17 heavy (non-hydrogen) atoms. The van der Waals surface area contributed by atoms with Gasteiger partial charge in [0.15, 0.2) is 0 Å². The lowest BCUT2D eigenvalue weighted by Gasteiger charge is -2.29. The van der Waals surface area contributed by atoms with E-state index in [-0.39, 0.29) is 0 Å². The lowest BCUT2D eigenvalue weighted by atomic mass is 10.0. The Bertz CT molecular complexity index is 331. The van der Waals surface area contributed by atoms with Gasteiger partial charge >= 0.3 is 0 Å². The van der Waals surface area contributed by atoms with Crippen molar-refractivity contribution in [3.05, 3.63) is 16.1 Å². The molecule has 1 saturated heterocycles. The summed E-state index contributed by atoms with van der Waals surface area (Å²) in [6, 6.07) is 0.685. The van der Waals surface area contributed by atoms with E-state index in [0.717, 1.165) is 25.3 Å². The number of hydrogen-bond donors (Lipinski definition) is 1. The average molecular weight is 253 g/mol. The van der Waals surface area contributed by atoms with Crippen LogP contribution in [0.2, 0.25) is 0 Å². The van der Waals surface area contributed by atoms with Gasteiger partial charge in [0.05, 0.1) is 6.54 Å². The number of aryl methyl sites for hydroxylation is 1. The molecular formula is C13H23N3S. The molecule has 2 heterocycles. The van der Waals surface area contributed by atoms with E-state index in [4.69, 9.17) is 0 Å².